The lowest BCUT2D eigenvalue weighted by molar-refractivity contribution is -0.140. The first-order chi connectivity index (χ1) is 22.4. The number of carboxylic acids is 1. The number of ether oxygens (including phenoxy) is 1. The number of rotatable bonds is 8. The van der Waals surface area contributed by atoms with Gasteiger partial charge in [-0.3, -0.25) is 23.6 Å². The highest BCUT2D eigenvalue weighted by Crippen LogP contribution is 2.30. The van der Waals surface area contributed by atoms with Gasteiger partial charge in [-0.25, -0.2) is 23.6 Å². The first kappa shape index (κ1) is 32.7. The van der Waals surface area contributed by atoms with Gasteiger partial charge in [-0.1, -0.05) is 0 Å². The van der Waals surface area contributed by atoms with E-state index in [9.17, 15) is 33.2 Å². The number of aromatic nitrogens is 2. The summed E-state index contributed by atoms with van der Waals surface area (Å²) in [4.78, 5) is 79.2. The minimum Gasteiger partial charge on any atom is -0.479 e. The summed E-state index contributed by atoms with van der Waals surface area (Å²) in [5.74, 6) is -2.85. The minimum atomic E-state index is -1.41. The number of nitriles is 1. The zero-order valence-electron chi connectivity index (χ0n) is 25.6. The summed E-state index contributed by atoms with van der Waals surface area (Å²) in [5.41, 5.74) is -0.447. The van der Waals surface area contributed by atoms with Crippen LogP contribution in [0.1, 0.15) is 38.3 Å². The second-order valence-electron chi connectivity index (χ2n) is 11.7. The van der Waals surface area contributed by atoms with E-state index in [1.807, 2.05) is 13.8 Å². The molecular formula is C31H32FN7O8. The first-order valence-electron chi connectivity index (χ1n) is 14.9. The molecule has 1 aliphatic heterocycles. The fourth-order valence-electron chi connectivity index (χ4n) is 5.41. The van der Waals surface area contributed by atoms with E-state index in [1.165, 1.54) is 26.2 Å². The number of carboxylic acid groups (broad SMARTS) is 1. The molecule has 3 N–H and O–H groups in total. The van der Waals surface area contributed by atoms with Crippen molar-refractivity contribution in [2.75, 3.05) is 36.9 Å². The Kier molecular flexibility index (Phi) is 9.27. The standard InChI is InChI=1S/C31H32FN7O8/c1-17(2)39-24-8-7-20(11-22(24)28(43)38(30(39)45)14-18-3-4-18)35-29(44)36-9-10-37(31(46)47-16-26(40)41)25(15-36)27(42)34-21-6-5-19(13-33)23(32)12-21/h5-8,11-12,17-18,25H,3-4,9-10,14-16H2,1-2H3,(H,34,42)(H,35,44)(H,40,41). The summed E-state index contributed by atoms with van der Waals surface area (Å²) in [6.07, 6.45) is 0.775. The van der Waals surface area contributed by atoms with Crippen molar-refractivity contribution in [3.63, 3.8) is 0 Å². The highest BCUT2D eigenvalue weighted by molar-refractivity contribution is 5.98. The molecule has 1 saturated heterocycles. The van der Waals surface area contributed by atoms with E-state index in [-0.39, 0.29) is 53.9 Å². The van der Waals surface area contributed by atoms with E-state index in [4.69, 9.17) is 15.1 Å². The molecule has 16 heteroatoms. The summed E-state index contributed by atoms with van der Waals surface area (Å²) < 4.78 is 21.7. The number of carbonyl (C=O) groups excluding carboxylic acids is 3. The number of carbonyl (C=O) groups is 4. The molecule has 47 heavy (non-hydrogen) atoms. The second-order valence-corrected chi connectivity index (χ2v) is 11.7. The van der Waals surface area contributed by atoms with Crippen LogP contribution in [0.5, 0.6) is 0 Å². The first-order valence-corrected chi connectivity index (χ1v) is 14.9. The number of nitrogens with zero attached hydrogens (tertiary/aromatic N) is 5. The number of urea groups is 1. The van der Waals surface area contributed by atoms with Crippen LogP contribution < -0.4 is 21.9 Å². The summed E-state index contributed by atoms with van der Waals surface area (Å²) in [6.45, 7) is 2.40. The molecule has 1 saturated carbocycles. The predicted molar refractivity (Wildman–Crippen MR) is 165 cm³/mol. The molecule has 246 valence electrons. The van der Waals surface area contributed by atoms with Crippen molar-refractivity contribution >= 4 is 46.3 Å². The van der Waals surface area contributed by atoms with Gasteiger partial charge >= 0.3 is 23.8 Å². The van der Waals surface area contributed by atoms with Crippen molar-refractivity contribution < 1.29 is 33.4 Å². The number of fused-ring (bicyclic) bond motifs is 1. The molecule has 2 heterocycles. The number of piperazine rings is 1. The Morgan fingerprint density at radius 1 is 1.06 bits per heavy atom. The van der Waals surface area contributed by atoms with Gasteiger partial charge in [0.15, 0.2) is 6.61 Å². The van der Waals surface area contributed by atoms with Crippen LogP contribution in [-0.2, 0) is 20.9 Å². The Morgan fingerprint density at radius 2 is 1.77 bits per heavy atom. The lowest BCUT2D eigenvalue weighted by atomic mass is 10.1. The maximum absolute atomic E-state index is 14.2. The molecule has 1 aliphatic carbocycles. The number of nitrogens with one attached hydrogen (secondary N) is 2. The molecule has 0 bridgehead atoms. The molecule has 3 aromatic rings. The Hall–Kier alpha value is -5.72. The third-order valence-corrected chi connectivity index (χ3v) is 7.95. The normalized spacial score (nSPS) is 16.1. The van der Waals surface area contributed by atoms with Crippen molar-refractivity contribution in [2.45, 2.75) is 45.3 Å². The Balaban J connectivity index is 1.38. The number of halogens is 1. The van der Waals surface area contributed by atoms with E-state index in [1.54, 1.807) is 18.2 Å². The van der Waals surface area contributed by atoms with E-state index in [2.05, 4.69) is 10.6 Å². The third-order valence-electron chi connectivity index (χ3n) is 7.95. The molecule has 0 spiro atoms. The van der Waals surface area contributed by atoms with E-state index >= 15 is 0 Å². The average Bonchev–Trinajstić information content (AvgIpc) is 3.86. The van der Waals surface area contributed by atoms with Crippen LogP contribution in [0.25, 0.3) is 10.9 Å². The van der Waals surface area contributed by atoms with Gasteiger partial charge in [0, 0.05) is 37.1 Å². The van der Waals surface area contributed by atoms with E-state index in [0.717, 1.165) is 29.9 Å². The molecule has 1 unspecified atom stereocenters. The van der Waals surface area contributed by atoms with Gasteiger partial charge in [0.2, 0.25) is 5.91 Å². The van der Waals surface area contributed by atoms with Crippen molar-refractivity contribution in [3.05, 3.63) is 68.6 Å². The maximum atomic E-state index is 14.2. The monoisotopic (exact) mass is 649 g/mol. The Bertz CT molecular complexity index is 1930. The molecule has 0 radical (unpaired) electrons. The van der Waals surface area contributed by atoms with Gasteiger partial charge in [-0.05, 0) is 69.0 Å². The zero-order chi connectivity index (χ0) is 34.0. The number of aliphatic carboxylic acids is 1. The number of hydrogen-bond acceptors (Lipinski definition) is 8. The minimum absolute atomic E-state index is 0.0182. The van der Waals surface area contributed by atoms with Gasteiger partial charge in [-0.2, -0.15) is 5.26 Å². The summed E-state index contributed by atoms with van der Waals surface area (Å²) in [6, 6.07) is 7.38. The lowest BCUT2D eigenvalue weighted by Crippen LogP contribution is -2.61. The van der Waals surface area contributed by atoms with Crippen molar-refractivity contribution in [1.82, 2.24) is 18.9 Å². The van der Waals surface area contributed by atoms with Crippen LogP contribution in [0, 0.1) is 23.1 Å². The van der Waals surface area contributed by atoms with Gasteiger partial charge in [0.25, 0.3) is 5.56 Å². The largest absolute Gasteiger partial charge is 0.479 e. The van der Waals surface area contributed by atoms with Crippen LogP contribution in [0.15, 0.2) is 46.0 Å². The number of anilines is 2. The molecular weight excluding hydrogens is 617 g/mol. The predicted octanol–water partition coefficient (Wildman–Crippen LogP) is 2.54. The Morgan fingerprint density at radius 3 is 2.40 bits per heavy atom. The quantitative estimate of drug-likeness (QED) is 0.328. The van der Waals surface area contributed by atoms with Crippen LogP contribution in [0.2, 0.25) is 0 Å². The SMILES string of the molecule is CC(C)n1c(=O)n(CC2CC2)c(=O)c2cc(NC(=O)N3CCN(C(=O)OCC(=O)O)C(C(=O)Nc4ccc(C#N)c(F)c4)C3)ccc21. The van der Waals surface area contributed by atoms with Crippen LogP contribution in [0.3, 0.4) is 0 Å². The van der Waals surface area contributed by atoms with E-state index in [0.29, 0.717) is 12.1 Å². The molecule has 2 aliphatic rings. The van der Waals surface area contributed by atoms with E-state index < -0.39 is 53.7 Å². The summed E-state index contributed by atoms with van der Waals surface area (Å²) in [7, 11) is 0. The highest BCUT2D eigenvalue weighted by Gasteiger charge is 2.38. The Labute approximate surface area is 266 Å². The number of amides is 4. The molecule has 1 atom stereocenters. The lowest BCUT2D eigenvalue weighted by Gasteiger charge is -2.39. The third kappa shape index (κ3) is 7.08. The van der Waals surface area contributed by atoms with Crippen LogP contribution in [0.4, 0.5) is 25.4 Å². The topological polar surface area (TPSA) is 196 Å². The molecule has 2 aromatic carbocycles. The molecule has 5 rings (SSSR count). The van der Waals surface area contributed by atoms with Crippen molar-refractivity contribution in [1.29, 1.82) is 5.26 Å². The molecule has 2 fully saturated rings. The number of benzene rings is 2. The smallest absolute Gasteiger partial charge is 0.411 e. The summed E-state index contributed by atoms with van der Waals surface area (Å²) in [5, 5.41) is 23.3. The molecule has 15 nitrogen and oxygen atoms in total. The van der Waals surface area contributed by atoms with Crippen LogP contribution in [-0.4, -0.2) is 80.3 Å². The van der Waals surface area contributed by atoms with Gasteiger partial charge in [-0.15, -0.1) is 0 Å². The fraction of sp³-hybridized carbons (Fsp3) is 0.387. The average molecular weight is 650 g/mol. The summed E-state index contributed by atoms with van der Waals surface area (Å²) >= 11 is 0. The highest BCUT2D eigenvalue weighted by atomic mass is 19.1. The van der Waals surface area contributed by atoms with Gasteiger partial charge < -0.3 is 25.4 Å². The zero-order valence-corrected chi connectivity index (χ0v) is 25.6. The fourth-order valence-corrected chi connectivity index (χ4v) is 5.41. The van der Waals surface area contributed by atoms with Gasteiger partial charge in [0.1, 0.15) is 17.9 Å². The van der Waals surface area contributed by atoms with Gasteiger partial charge in [0.05, 0.1) is 23.0 Å². The van der Waals surface area contributed by atoms with Crippen molar-refractivity contribution in [2.24, 2.45) is 5.92 Å². The number of hydrogen-bond donors (Lipinski definition) is 3. The molecule has 4 amide bonds. The van der Waals surface area contributed by atoms with Crippen LogP contribution >= 0.6 is 0 Å². The maximum Gasteiger partial charge on any atom is 0.411 e. The van der Waals surface area contributed by atoms with Crippen molar-refractivity contribution in [3.8, 4) is 6.07 Å². The molecule has 1 aromatic heterocycles. The second kappa shape index (κ2) is 13.3.